The van der Waals surface area contributed by atoms with Gasteiger partial charge in [-0.15, -0.1) is 0 Å². The Balaban J connectivity index is 1.88. The number of anilines is 1. The minimum atomic E-state index is -0.385. The molecule has 4 nitrogen and oxygen atoms in total. The van der Waals surface area contributed by atoms with Crippen LogP contribution in [0.1, 0.15) is 27.5 Å². The number of hydrogen-bond acceptors (Lipinski definition) is 2. The predicted molar refractivity (Wildman–Crippen MR) is 116 cm³/mol. The van der Waals surface area contributed by atoms with Gasteiger partial charge in [0.05, 0.1) is 6.04 Å². The van der Waals surface area contributed by atoms with Crippen LogP contribution in [0.4, 0.5) is 5.69 Å². The lowest BCUT2D eigenvalue weighted by molar-refractivity contribution is -0.117. The number of nitrogens with one attached hydrogen (secondary N) is 1. The summed E-state index contributed by atoms with van der Waals surface area (Å²) >= 11 is 6.92. The van der Waals surface area contributed by atoms with Crippen molar-refractivity contribution >= 4 is 49.4 Å². The normalized spacial score (nSPS) is 16.1. The fourth-order valence-electron chi connectivity index (χ4n) is 3.42. The van der Waals surface area contributed by atoms with Crippen molar-refractivity contribution in [3.05, 3.63) is 98.4 Å². The Labute approximate surface area is 179 Å². The number of carbonyl (C=O) groups excluding carboxylic acids is 2. The van der Waals surface area contributed by atoms with Gasteiger partial charge >= 0.3 is 0 Å². The van der Waals surface area contributed by atoms with E-state index in [1.807, 2.05) is 60.7 Å². The Hall–Kier alpha value is -2.44. The molecule has 3 aromatic carbocycles. The average Bonchev–Trinajstić information content (AvgIpc) is 2.84. The highest BCUT2D eigenvalue weighted by Gasteiger charge is 2.34. The molecule has 28 heavy (non-hydrogen) atoms. The maximum atomic E-state index is 13.4. The zero-order chi connectivity index (χ0) is 19.7. The maximum absolute atomic E-state index is 13.4. The lowest BCUT2D eigenvalue weighted by atomic mass is 9.95. The van der Waals surface area contributed by atoms with E-state index in [-0.39, 0.29) is 24.4 Å². The molecule has 1 atom stereocenters. The quantitative estimate of drug-likeness (QED) is 0.513. The average molecular weight is 500 g/mol. The van der Waals surface area contributed by atoms with Gasteiger partial charge in [-0.3, -0.25) is 9.59 Å². The van der Waals surface area contributed by atoms with Crippen molar-refractivity contribution in [2.24, 2.45) is 0 Å². The van der Waals surface area contributed by atoms with E-state index in [1.165, 1.54) is 0 Å². The molecule has 3 aromatic rings. The Kier molecular flexibility index (Phi) is 5.33. The molecule has 0 bridgehead atoms. The van der Waals surface area contributed by atoms with Crippen molar-refractivity contribution in [3.63, 3.8) is 0 Å². The number of fused-ring (bicyclic) bond motifs is 1. The molecule has 0 spiro atoms. The zero-order valence-corrected chi connectivity index (χ0v) is 17.9. The van der Waals surface area contributed by atoms with Gasteiger partial charge in [-0.2, -0.15) is 0 Å². The first-order valence-corrected chi connectivity index (χ1v) is 10.3. The SMILES string of the molecule is O=C1CN(C(=O)c2ccc(Br)cc2)[C@@H](c2ccccc2)c2cc(Br)ccc2N1. The second-order valence-electron chi connectivity index (χ2n) is 6.53. The summed E-state index contributed by atoms with van der Waals surface area (Å²) < 4.78 is 1.78. The third-order valence-corrected chi connectivity index (χ3v) is 5.70. The van der Waals surface area contributed by atoms with Crippen LogP contribution in [0.25, 0.3) is 0 Å². The van der Waals surface area contributed by atoms with Gasteiger partial charge in [0.25, 0.3) is 5.91 Å². The molecular weight excluding hydrogens is 484 g/mol. The molecule has 0 saturated carbocycles. The minimum absolute atomic E-state index is 0.0270. The second kappa shape index (κ2) is 7.89. The third-order valence-electron chi connectivity index (χ3n) is 4.68. The zero-order valence-electron chi connectivity index (χ0n) is 14.7. The van der Waals surface area contributed by atoms with E-state index in [9.17, 15) is 9.59 Å². The lowest BCUT2D eigenvalue weighted by Gasteiger charge is -2.30. The van der Waals surface area contributed by atoms with Crippen molar-refractivity contribution in [1.29, 1.82) is 0 Å². The third kappa shape index (κ3) is 3.75. The fourth-order valence-corrected chi connectivity index (χ4v) is 4.06. The fraction of sp³-hybridized carbons (Fsp3) is 0.0909. The molecule has 1 aliphatic heterocycles. The first-order valence-electron chi connectivity index (χ1n) is 8.74. The van der Waals surface area contributed by atoms with Gasteiger partial charge in [0.2, 0.25) is 5.91 Å². The van der Waals surface area contributed by atoms with Crippen molar-refractivity contribution in [3.8, 4) is 0 Å². The predicted octanol–water partition coefficient (Wildman–Crippen LogP) is 5.40. The largest absolute Gasteiger partial charge is 0.324 e. The summed E-state index contributed by atoms with van der Waals surface area (Å²) in [7, 11) is 0. The van der Waals surface area contributed by atoms with Gasteiger partial charge in [0.15, 0.2) is 0 Å². The maximum Gasteiger partial charge on any atom is 0.255 e. The van der Waals surface area contributed by atoms with Gasteiger partial charge < -0.3 is 10.2 Å². The molecule has 2 amide bonds. The van der Waals surface area contributed by atoms with Crippen LogP contribution in [0.2, 0.25) is 0 Å². The van der Waals surface area contributed by atoms with Crippen molar-refractivity contribution in [1.82, 2.24) is 4.90 Å². The van der Waals surface area contributed by atoms with Crippen molar-refractivity contribution in [2.75, 3.05) is 11.9 Å². The summed E-state index contributed by atoms with van der Waals surface area (Å²) in [5, 5.41) is 2.93. The van der Waals surface area contributed by atoms with Crippen LogP contribution in [0.15, 0.2) is 81.7 Å². The van der Waals surface area contributed by atoms with Crippen LogP contribution in [-0.4, -0.2) is 23.3 Å². The smallest absolute Gasteiger partial charge is 0.255 e. The number of amides is 2. The van der Waals surface area contributed by atoms with Crippen LogP contribution in [0, 0.1) is 0 Å². The van der Waals surface area contributed by atoms with E-state index >= 15 is 0 Å². The molecule has 0 fully saturated rings. The highest BCUT2D eigenvalue weighted by molar-refractivity contribution is 9.10. The molecule has 0 aromatic heterocycles. The van der Waals surface area contributed by atoms with E-state index in [0.29, 0.717) is 11.3 Å². The molecule has 140 valence electrons. The topological polar surface area (TPSA) is 49.4 Å². The summed E-state index contributed by atoms with van der Waals surface area (Å²) in [4.78, 5) is 27.6. The number of rotatable bonds is 2. The summed E-state index contributed by atoms with van der Waals surface area (Å²) in [6.07, 6.45) is 0. The molecule has 0 saturated heterocycles. The van der Waals surface area contributed by atoms with E-state index in [0.717, 1.165) is 20.1 Å². The second-order valence-corrected chi connectivity index (χ2v) is 8.36. The number of halogens is 2. The number of hydrogen-bond donors (Lipinski definition) is 1. The van der Waals surface area contributed by atoms with Crippen molar-refractivity contribution in [2.45, 2.75) is 6.04 Å². The minimum Gasteiger partial charge on any atom is -0.324 e. The number of carbonyl (C=O) groups is 2. The molecule has 0 unspecified atom stereocenters. The first-order chi connectivity index (χ1) is 13.5. The van der Waals surface area contributed by atoms with E-state index in [1.54, 1.807) is 17.0 Å². The van der Waals surface area contributed by atoms with Crippen LogP contribution in [-0.2, 0) is 4.79 Å². The highest BCUT2D eigenvalue weighted by atomic mass is 79.9. The summed E-state index contributed by atoms with van der Waals surface area (Å²) in [6, 6.07) is 22.3. The summed E-state index contributed by atoms with van der Waals surface area (Å²) in [5.41, 5.74) is 3.07. The number of benzene rings is 3. The standard InChI is InChI=1S/C22H16Br2N2O2/c23-16-8-6-15(7-9-16)22(28)26-13-20(27)25-19-11-10-17(24)12-18(19)21(26)14-4-2-1-3-5-14/h1-12,21H,13H2,(H,25,27)/t21-/m0/s1. The van der Waals surface area contributed by atoms with Crippen molar-refractivity contribution < 1.29 is 9.59 Å². The van der Waals surface area contributed by atoms with Gasteiger partial charge in [-0.1, -0.05) is 62.2 Å². The van der Waals surface area contributed by atoms with Gasteiger partial charge in [0, 0.05) is 25.8 Å². The van der Waals surface area contributed by atoms with Crippen LogP contribution < -0.4 is 5.32 Å². The van der Waals surface area contributed by atoms with Gasteiger partial charge in [-0.25, -0.2) is 0 Å². The van der Waals surface area contributed by atoms with Gasteiger partial charge in [0.1, 0.15) is 6.54 Å². The molecule has 1 aliphatic rings. The first kappa shape index (κ1) is 18.9. The lowest BCUT2D eigenvalue weighted by Crippen LogP contribution is -2.38. The Morgan fingerprint density at radius 1 is 0.929 bits per heavy atom. The number of nitrogens with zero attached hydrogens (tertiary/aromatic N) is 1. The van der Waals surface area contributed by atoms with Gasteiger partial charge in [-0.05, 0) is 48.0 Å². The molecule has 0 aliphatic carbocycles. The molecular formula is C22H16Br2N2O2. The summed E-state index contributed by atoms with van der Waals surface area (Å²) in [6.45, 7) is -0.0270. The van der Waals surface area contributed by atoms with E-state index in [4.69, 9.17) is 0 Å². The Bertz CT molecular complexity index is 1040. The van der Waals surface area contributed by atoms with E-state index < -0.39 is 0 Å². The van der Waals surface area contributed by atoms with E-state index in [2.05, 4.69) is 37.2 Å². The molecule has 0 radical (unpaired) electrons. The monoisotopic (exact) mass is 498 g/mol. The molecule has 1 N–H and O–H groups in total. The Morgan fingerprint density at radius 2 is 1.61 bits per heavy atom. The molecule has 6 heteroatoms. The summed E-state index contributed by atoms with van der Waals surface area (Å²) in [5.74, 6) is -0.406. The molecule has 4 rings (SSSR count). The van der Waals surface area contributed by atoms with Crippen LogP contribution >= 0.6 is 31.9 Å². The van der Waals surface area contributed by atoms with Crippen LogP contribution in [0.3, 0.4) is 0 Å². The molecule has 1 heterocycles. The Morgan fingerprint density at radius 3 is 2.32 bits per heavy atom. The van der Waals surface area contributed by atoms with Crippen LogP contribution in [0.5, 0.6) is 0 Å². The highest BCUT2D eigenvalue weighted by Crippen LogP contribution is 2.38.